The molecule has 0 bridgehead atoms. The molecule has 1 amide bonds. The van der Waals surface area contributed by atoms with Gasteiger partial charge in [-0.1, -0.05) is 18.2 Å². The minimum Gasteiger partial charge on any atom is -0.355 e. The summed E-state index contributed by atoms with van der Waals surface area (Å²) in [5, 5.41) is 3.48. The van der Waals surface area contributed by atoms with E-state index in [9.17, 15) is 9.18 Å². The van der Waals surface area contributed by atoms with Gasteiger partial charge in [0.2, 0.25) is 0 Å². The molecule has 0 aliphatic heterocycles. The number of pyridine rings is 1. The molecule has 2 aromatic carbocycles. The van der Waals surface area contributed by atoms with Crippen LogP contribution in [0.4, 0.5) is 4.39 Å². The fraction of sp³-hybridized carbons (Fsp3) is 0.125. The topological polar surface area (TPSA) is 85.6 Å². The fourth-order valence-corrected chi connectivity index (χ4v) is 3.74. The summed E-state index contributed by atoms with van der Waals surface area (Å²) in [5.74, 6) is -1.09. The summed E-state index contributed by atoms with van der Waals surface area (Å²) in [7, 11) is 1.46. The minimum absolute atomic E-state index is 0.0188. The summed E-state index contributed by atoms with van der Waals surface area (Å²) >= 11 is 0. The van der Waals surface area contributed by atoms with Crippen LogP contribution < -0.4 is 5.32 Å². The maximum Gasteiger partial charge on any atom is 0.253 e. The highest BCUT2D eigenvalue weighted by atomic mass is 19.1. The standard InChI is InChI=1S/C24H19FN6O/c1-14(15-6-8-20-16(10-15)4-3-9-27-20)31-13-29-22-23(31)30-21(12-28-22)17-5-7-18(19(25)11-17)24(32)26-2/h3-14H,1-2H3,(H,26,32). The molecule has 0 radical (unpaired) electrons. The number of carbonyl (C=O) groups excluding carboxylic acids is 1. The highest BCUT2D eigenvalue weighted by Gasteiger charge is 2.16. The van der Waals surface area contributed by atoms with Crippen LogP contribution in [0, 0.1) is 5.82 Å². The number of nitrogens with one attached hydrogen (secondary N) is 1. The lowest BCUT2D eigenvalue weighted by atomic mass is 10.1. The average molecular weight is 426 g/mol. The van der Waals surface area contributed by atoms with E-state index >= 15 is 0 Å². The Labute approximate surface area is 183 Å². The molecule has 7 nitrogen and oxygen atoms in total. The van der Waals surface area contributed by atoms with Crippen molar-refractivity contribution in [2.75, 3.05) is 7.05 Å². The quantitative estimate of drug-likeness (QED) is 0.467. The first-order valence-electron chi connectivity index (χ1n) is 10.1. The first kappa shape index (κ1) is 19.7. The average Bonchev–Trinajstić information content (AvgIpc) is 3.26. The summed E-state index contributed by atoms with van der Waals surface area (Å²) < 4.78 is 16.4. The van der Waals surface area contributed by atoms with E-state index in [2.05, 4.69) is 33.3 Å². The molecule has 0 spiro atoms. The lowest BCUT2D eigenvalue weighted by molar-refractivity contribution is 0.0959. The van der Waals surface area contributed by atoms with Crippen molar-refractivity contribution >= 4 is 28.1 Å². The number of rotatable bonds is 4. The molecule has 32 heavy (non-hydrogen) atoms. The van der Waals surface area contributed by atoms with Crippen LogP contribution in [-0.4, -0.2) is 37.5 Å². The molecular formula is C24H19FN6O. The first-order chi connectivity index (χ1) is 15.5. The van der Waals surface area contributed by atoms with Crippen LogP contribution in [0.5, 0.6) is 0 Å². The van der Waals surface area contributed by atoms with Crippen molar-refractivity contribution in [1.29, 1.82) is 0 Å². The Bertz CT molecular complexity index is 1480. The molecule has 0 fully saturated rings. The zero-order valence-corrected chi connectivity index (χ0v) is 17.5. The smallest absolute Gasteiger partial charge is 0.253 e. The number of fused-ring (bicyclic) bond motifs is 2. The zero-order chi connectivity index (χ0) is 22.2. The molecule has 1 N–H and O–H groups in total. The third-order valence-electron chi connectivity index (χ3n) is 5.55. The van der Waals surface area contributed by atoms with Gasteiger partial charge in [0.25, 0.3) is 5.91 Å². The summed E-state index contributed by atoms with van der Waals surface area (Å²) in [5.41, 5.74) is 4.12. The van der Waals surface area contributed by atoms with Gasteiger partial charge in [-0.2, -0.15) is 0 Å². The summed E-state index contributed by atoms with van der Waals surface area (Å²) in [6, 6.07) is 14.4. The normalized spacial score (nSPS) is 12.2. The Morgan fingerprint density at radius 2 is 1.97 bits per heavy atom. The van der Waals surface area contributed by atoms with E-state index in [1.54, 1.807) is 24.8 Å². The van der Waals surface area contributed by atoms with Gasteiger partial charge in [0.1, 0.15) is 5.82 Å². The van der Waals surface area contributed by atoms with Crippen LogP contribution in [0.1, 0.15) is 28.9 Å². The number of imidazole rings is 1. The van der Waals surface area contributed by atoms with E-state index in [1.165, 1.54) is 19.2 Å². The number of hydrogen-bond donors (Lipinski definition) is 1. The molecule has 0 aliphatic rings. The van der Waals surface area contributed by atoms with E-state index in [4.69, 9.17) is 4.98 Å². The van der Waals surface area contributed by atoms with Crippen LogP contribution in [0.3, 0.4) is 0 Å². The van der Waals surface area contributed by atoms with E-state index in [0.717, 1.165) is 16.5 Å². The van der Waals surface area contributed by atoms with Crippen LogP contribution in [-0.2, 0) is 0 Å². The molecule has 0 aliphatic carbocycles. The molecule has 0 saturated carbocycles. The number of carbonyl (C=O) groups is 1. The molecule has 158 valence electrons. The third-order valence-corrected chi connectivity index (χ3v) is 5.55. The Balaban J connectivity index is 1.55. The second-order valence-corrected chi connectivity index (χ2v) is 7.46. The number of halogens is 1. The Morgan fingerprint density at radius 1 is 1.09 bits per heavy atom. The zero-order valence-electron chi connectivity index (χ0n) is 17.5. The van der Waals surface area contributed by atoms with Crippen LogP contribution in [0.2, 0.25) is 0 Å². The van der Waals surface area contributed by atoms with E-state index < -0.39 is 11.7 Å². The monoisotopic (exact) mass is 426 g/mol. The lowest BCUT2D eigenvalue weighted by Crippen LogP contribution is -2.19. The fourth-order valence-electron chi connectivity index (χ4n) is 3.74. The molecule has 1 atom stereocenters. The van der Waals surface area contributed by atoms with Crippen molar-refractivity contribution in [3.05, 3.63) is 84.2 Å². The van der Waals surface area contributed by atoms with Gasteiger partial charge in [-0.25, -0.2) is 19.3 Å². The molecule has 5 aromatic rings. The molecular weight excluding hydrogens is 407 g/mol. The van der Waals surface area contributed by atoms with Crippen molar-refractivity contribution in [3.63, 3.8) is 0 Å². The van der Waals surface area contributed by atoms with Gasteiger partial charge in [-0.15, -0.1) is 0 Å². The minimum atomic E-state index is -0.615. The van der Waals surface area contributed by atoms with Crippen LogP contribution in [0.15, 0.2) is 67.3 Å². The SMILES string of the molecule is CNC(=O)c1ccc(-c2cnc3ncn(C(C)c4ccc5ncccc5c4)c3n2)cc1F. The number of nitrogens with zero attached hydrogens (tertiary/aromatic N) is 5. The maximum absolute atomic E-state index is 14.5. The molecule has 8 heteroatoms. The summed E-state index contributed by atoms with van der Waals surface area (Å²) in [4.78, 5) is 29.6. The van der Waals surface area contributed by atoms with E-state index in [0.29, 0.717) is 22.6 Å². The molecule has 0 saturated heterocycles. The first-order valence-corrected chi connectivity index (χ1v) is 10.1. The lowest BCUT2D eigenvalue weighted by Gasteiger charge is -2.15. The van der Waals surface area contributed by atoms with Crippen molar-refractivity contribution < 1.29 is 9.18 Å². The summed E-state index contributed by atoms with van der Waals surface area (Å²) in [6.07, 6.45) is 5.04. The highest BCUT2D eigenvalue weighted by Crippen LogP contribution is 2.26. The summed E-state index contributed by atoms with van der Waals surface area (Å²) in [6.45, 7) is 2.06. The highest BCUT2D eigenvalue weighted by molar-refractivity contribution is 5.94. The number of benzene rings is 2. The van der Waals surface area contributed by atoms with Crippen molar-refractivity contribution in [3.8, 4) is 11.3 Å². The molecule has 5 rings (SSSR count). The number of hydrogen-bond acceptors (Lipinski definition) is 5. The van der Waals surface area contributed by atoms with Crippen molar-refractivity contribution in [2.24, 2.45) is 0 Å². The van der Waals surface area contributed by atoms with E-state index in [-0.39, 0.29) is 11.6 Å². The maximum atomic E-state index is 14.5. The largest absolute Gasteiger partial charge is 0.355 e. The van der Waals surface area contributed by atoms with Crippen LogP contribution in [0.25, 0.3) is 33.5 Å². The Kier molecular flexibility index (Phi) is 4.82. The van der Waals surface area contributed by atoms with Crippen LogP contribution >= 0.6 is 0 Å². The van der Waals surface area contributed by atoms with Gasteiger partial charge in [-0.3, -0.25) is 9.78 Å². The second kappa shape index (κ2) is 7.81. The molecule has 1 unspecified atom stereocenters. The van der Waals surface area contributed by atoms with E-state index in [1.807, 2.05) is 28.8 Å². The van der Waals surface area contributed by atoms with Gasteiger partial charge >= 0.3 is 0 Å². The van der Waals surface area contributed by atoms with Gasteiger partial charge in [0.05, 0.1) is 35.3 Å². The predicted octanol–water partition coefficient (Wildman–Crippen LogP) is 4.15. The predicted molar refractivity (Wildman–Crippen MR) is 120 cm³/mol. The van der Waals surface area contributed by atoms with Gasteiger partial charge in [0.15, 0.2) is 11.3 Å². The molecule has 3 aromatic heterocycles. The van der Waals surface area contributed by atoms with Gasteiger partial charge in [0, 0.05) is 24.2 Å². The van der Waals surface area contributed by atoms with Gasteiger partial charge in [-0.05, 0) is 42.8 Å². The van der Waals surface area contributed by atoms with Crippen molar-refractivity contribution in [1.82, 2.24) is 29.8 Å². The second-order valence-electron chi connectivity index (χ2n) is 7.46. The molecule has 3 heterocycles. The number of amides is 1. The third kappa shape index (κ3) is 3.35. The van der Waals surface area contributed by atoms with Crippen molar-refractivity contribution in [2.45, 2.75) is 13.0 Å². The Hall–Kier alpha value is -4.20. The van der Waals surface area contributed by atoms with Gasteiger partial charge < -0.3 is 9.88 Å². The Morgan fingerprint density at radius 3 is 2.78 bits per heavy atom. The number of aromatic nitrogens is 5.